The summed E-state index contributed by atoms with van der Waals surface area (Å²) in [6.45, 7) is 9.53. The lowest BCUT2D eigenvalue weighted by Gasteiger charge is -2.32. The quantitative estimate of drug-likeness (QED) is 0.826. The third kappa shape index (κ3) is 4.31. The Kier molecular flexibility index (Phi) is 5.97. The van der Waals surface area contributed by atoms with Gasteiger partial charge in [-0.3, -0.25) is 4.79 Å². The summed E-state index contributed by atoms with van der Waals surface area (Å²) in [6, 6.07) is 7.63. The molecule has 4 nitrogen and oxygen atoms in total. The Labute approximate surface area is 148 Å². The first-order chi connectivity index (χ1) is 11.2. The highest BCUT2D eigenvalue weighted by atomic mass is 32.2. The van der Waals surface area contributed by atoms with Crippen molar-refractivity contribution in [1.29, 1.82) is 0 Å². The van der Waals surface area contributed by atoms with Gasteiger partial charge in [0.05, 0.1) is 17.8 Å². The van der Waals surface area contributed by atoms with Crippen LogP contribution in [0.3, 0.4) is 0 Å². The molecular weight excluding hydrogens is 323 g/mol. The molecule has 130 valence electrons. The molecule has 6 heteroatoms. The monoisotopic (exact) mass is 348 g/mol. The Morgan fingerprint density at radius 3 is 2.33 bits per heavy atom. The van der Waals surface area contributed by atoms with Gasteiger partial charge in [0.15, 0.2) is 5.12 Å². The second kappa shape index (κ2) is 7.44. The van der Waals surface area contributed by atoms with E-state index in [-0.39, 0.29) is 11.7 Å². The number of benzene rings is 1. The van der Waals surface area contributed by atoms with E-state index in [0.717, 1.165) is 16.6 Å². The van der Waals surface area contributed by atoms with Crippen molar-refractivity contribution in [3.8, 4) is 0 Å². The Bertz CT molecular complexity index is 624. The Morgan fingerprint density at radius 1 is 1.21 bits per heavy atom. The van der Waals surface area contributed by atoms with Gasteiger partial charge in [-0.2, -0.15) is 0 Å². The molecule has 0 saturated carbocycles. The second-order valence-corrected chi connectivity index (χ2v) is 8.10. The van der Waals surface area contributed by atoms with Crippen molar-refractivity contribution in [3.63, 3.8) is 0 Å². The minimum Gasteiger partial charge on any atom is -0.400 e. The maximum atomic E-state index is 11.4. The average molecular weight is 348 g/mol. The summed E-state index contributed by atoms with van der Waals surface area (Å²) in [4.78, 5) is 11.4. The molecule has 1 aliphatic rings. The Hall–Kier alpha value is -1.08. The number of thioether (sulfide) groups is 1. The summed E-state index contributed by atoms with van der Waals surface area (Å²) >= 11 is 1.23. The molecule has 0 spiro atoms. The SMILES string of the molecule is CC(=O)SCC(=Cc1ccccc1CO)B1OC(C)(C)C(C)(C)O1. The molecule has 24 heavy (non-hydrogen) atoms. The van der Waals surface area contributed by atoms with E-state index in [4.69, 9.17) is 9.31 Å². The van der Waals surface area contributed by atoms with Crippen molar-refractivity contribution < 1.29 is 19.2 Å². The van der Waals surface area contributed by atoms with Crippen LogP contribution in [-0.2, 0) is 20.7 Å². The molecule has 0 aliphatic carbocycles. The second-order valence-electron chi connectivity index (χ2n) is 6.94. The highest BCUT2D eigenvalue weighted by Gasteiger charge is 2.52. The fraction of sp³-hybridized carbons (Fsp3) is 0.500. The third-order valence-corrected chi connectivity index (χ3v) is 5.45. The van der Waals surface area contributed by atoms with Crippen molar-refractivity contribution in [1.82, 2.24) is 0 Å². The van der Waals surface area contributed by atoms with Gasteiger partial charge in [0.2, 0.25) is 0 Å². The first-order valence-electron chi connectivity index (χ1n) is 8.04. The zero-order chi connectivity index (χ0) is 18.0. The molecule has 0 unspecified atom stereocenters. The maximum Gasteiger partial charge on any atom is 0.491 e. The van der Waals surface area contributed by atoms with E-state index in [9.17, 15) is 9.90 Å². The maximum absolute atomic E-state index is 11.4. The van der Waals surface area contributed by atoms with Crippen molar-refractivity contribution in [2.24, 2.45) is 0 Å². The molecule has 1 heterocycles. The van der Waals surface area contributed by atoms with Crippen LogP contribution in [0.1, 0.15) is 45.7 Å². The van der Waals surface area contributed by atoms with Crippen LogP contribution >= 0.6 is 11.8 Å². The van der Waals surface area contributed by atoms with Crippen LogP contribution in [0, 0.1) is 0 Å². The number of rotatable bonds is 5. The molecular formula is C18H25BO4S. The summed E-state index contributed by atoms with van der Waals surface area (Å²) in [6.07, 6.45) is 1.96. The average Bonchev–Trinajstić information content (AvgIpc) is 2.71. The van der Waals surface area contributed by atoms with Gasteiger partial charge in [-0.15, -0.1) is 0 Å². The molecule has 0 bridgehead atoms. The molecule has 2 rings (SSSR count). The van der Waals surface area contributed by atoms with Crippen LogP contribution in [0.2, 0.25) is 0 Å². The number of hydrogen-bond acceptors (Lipinski definition) is 5. The summed E-state index contributed by atoms with van der Waals surface area (Å²) in [5.41, 5.74) is 1.76. The van der Waals surface area contributed by atoms with Gasteiger partial charge in [-0.1, -0.05) is 42.1 Å². The molecule has 1 fully saturated rings. The van der Waals surface area contributed by atoms with Crippen LogP contribution in [0.25, 0.3) is 6.08 Å². The molecule has 1 saturated heterocycles. The number of aliphatic hydroxyl groups is 1. The molecule has 0 atom stereocenters. The standard InChI is InChI=1S/C18H25BO4S/c1-13(21)24-12-16(10-14-8-6-7-9-15(14)11-20)19-22-17(2,3)18(4,5)23-19/h6-10,20H,11-12H2,1-5H3. The van der Waals surface area contributed by atoms with E-state index < -0.39 is 18.3 Å². The van der Waals surface area contributed by atoms with Gasteiger partial charge in [-0.25, -0.2) is 0 Å². The Balaban J connectivity index is 2.35. The van der Waals surface area contributed by atoms with Crippen molar-refractivity contribution in [2.45, 2.75) is 52.4 Å². The topological polar surface area (TPSA) is 55.8 Å². The first-order valence-corrected chi connectivity index (χ1v) is 9.03. The third-order valence-electron chi connectivity index (χ3n) is 4.56. The van der Waals surface area contributed by atoms with Gasteiger partial charge in [-0.05, 0) is 44.3 Å². The smallest absolute Gasteiger partial charge is 0.400 e. The highest BCUT2D eigenvalue weighted by molar-refractivity contribution is 8.13. The Morgan fingerprint density at radius 2 is 1.79 bits per heavy atom. The number of carbonyl (C=O) groups is 1. The fourth-order valence-corrected chi connectivity index (χ4v) is 2.97. The first kappa shape index (κ1) is 19.3. The predicted molar refractivity (Wildman–Crippen MR) is 99.6 cm³/mol. The van der Waals surface area contributed by atoms with Gasteiger partial charge in [0.25, 0.3) is 0 Å². The van der Waals surface area contributed by atoms with E-state index in [1.807, 2.05) is 58.0 Å². The number of aliphatic hydroxyl groups excluding tert-OH is 1. The predicted octanol–water partition coefficient (Wildman–Crippen LogP) is 3.47. The lowest BCUT2D eigenvalue weighted by atomic mass is 9.78. The van der Waals surface area contributed by atoms with Gasteiger partial charge in [0.1, 0.15) is 0 Å². The summed E-state index contributed by atoms with van der Waals surface area (Å²) in [5, 5.41) is 9.58. The van der Waals surface area contributed by atoms with Crippen LogP contribution in [-0.4, -0.2) is 34.3 Å². The van der Waals surface area contributed by atoms with Crippen molar-refractivity contribution >= 4 is 30.1 Å². The van der Waals surface area contributed by atoms with E-state index >= 15 is 0 Å². The zero-order valence-corrected chi connectivity index (χ0v) is 15.8. The highest BCUT2D eigenvalue weighted by Crippen LogP contribution is 2.39. The summed E-state index contributed by atoms with van der Waals surface area (Å²) in [7, 11) is -0.506. The van der Waals surface area contributed by atoms with Crippen LogP contribution in [0.5, 0.6) is 0 Å². The number of carbonyl (C=O) groups excluding carboxylic acids is 1. The number of hydrogen-bond donors (Lipinski definition) is 1. The van der Waals surface area contributed by atoms with Gasteiger partial charge < -0.3 is 14.4 Å². The minimum absolute atomic E-state index is 0.0385. The molecule has 0 amide bonds. The lowest BCUT2D eigenvalue weighted by molar-refractivity contribution is -0.109. The molecule has 1 aliphatic heterocycles. The molecule has 0 aromatic heterocycles. The van der Waals surface area contributed by atoms with Gasteiger partial charge >= 0.3 is 7.12 Å². The van der Waals surface area contributed by atoms with E-state index in [1.165, 1.54) is 11.8 Å². The zero-order valence-electron chi connectivity index (χ0n) is 15.0. The fourth-order valence-electron chi connectivity index (χ4n) is 2.38. The summed E-state index contributed by atoms with van der Waals surface area (Å²) in [5.74, 6) is 0.492. The van der Waals surface area contributed by atoms with E-state index in [0.29, 0.717) is 5.75 Å². The molecule has 1 N–H and O–H groups in total. The van der Waals surface area contributed by atoms with Crippen LogP contribution < -0.4 is 0 Å². The molecule has 1 aromatic rings. The van der Waals surface area contributed by atoms with Crippen LogP contribution in [0.4, 0.5) is 0 Å². The molecule has 1 aromatic carbocycles. The van der Waals surface area contributed by atoms with E-state index in [2.05, 4.69) is 0 Å². The van der Waals surface area contributed by atoms with Crippen LogP contribution in [0.15, 0.2) is 29.7 Å². The summed E-state index contributed by atoms with van der Waals surface area (Å²) < 4.78 is 12.3. The lowest BCUT2D eigenvalue weighted by Crippen LogP contribution is -2.41. The van der Waals surface area contributed by atoms with Gasteiger partial charge in [0, 0.05) is 12.7 Å². The molecule has 0 radical (unpaired) electrons. The van der Waals surface area contributed by atoms with Crippen molar-refractivity contribution in [2.75, 3.05) is 5.75 Å². The minimum atomic E-state index is -0.506. The largest absolute Gasteiger partial charge is 0.491 e. The van der Waals surface area contributed by atoms with Crippen molar-refractivity contribution in [3.05, 3.63) is 40.9 Å². The normalized spacial score (nSPS) is 19.6. The van der Waals surface area contributed by atoms with E-state index in [1.54, 1.807) is 6.92 Å².